The van der Waals surface area contributed by atoms with Gasteiger partial charge in [-0.1, -0.05) is 12.1 Å². The average Bonchev–Trinajstić information content (AvgIpc) is 2.91. The number of ether oxygens (including phenoxy) is 1. The van der Waals surface area contributed by atoms with Crippen LogP contribution in [0.4, 0.5) is 0 Å². The lowest BCUT2D eigenvalue weighted by molar-refractivity contribution is -0.132. The summed E-state index contributed by atoms with van der Waals surface area (Å²) in [4.78, 5) is 14.0. The molecule has 20 heavy (non-hydrogen) atoms. The lowest BCUT2D eigenvalue weighted by atomic mass is 10.1. The van der Waals surface area contributed by atoms with Crippen molar-refractivity contribution < 1.29 is 9.53 Å². The fourth-order valence-electron chi connectivity index (χ4n) is 2.50. The van der Waals surface area contributed by atoms with Crippen molar-refractivity contribution in [2.24, 2.45) is 0 Å². The number of likely N-dealkylation sites (N-methyl/N-ethyl adjacent to an activating group) is 1. The van der Waals surface area contributed by atoms with Crippen LogP contribution >= 0.6 is 0 Å². The van der Waals surface area contributed by atoms with E-state index in [0.29, 0.717) is 6.54 Å². The van der Waals surface area contributed by atoms with Crippen LogP contribution in [0.1, 0.15) is 32.3 Å². The first-order chi connectivity index (χ1) is 9.56. The molecule has 110 valence electrons. The van der Waals surface area contributed by atoms with E-state index in [1.54, 1.807) is 4.90 Å². The lowest BCUT2D eigenvalue weighted by Gasteiger charge is -2.21. The Morgan fingerprint density at radius 3 is 2.95 bits per heavy atom. The number of carbonyl (C=O) groups excluding carboxylic acids is 1. The second kappa shape index (κ2) is 6.75. The molecular weight excluding hydrogens is 252 g/mol. The molecule has 0 saturated carbocycles. The van der Waals surface area contributed by atoms with Gasteiger partial charge in [0.15, 0.2) is 0 Å². The number of rotatable bonds is 5. The maximum atomic E-state index is 12.2. The number of benzene rings is 1. The van der Waals surface area contributed by atoms with E-state index in [9.17, 15) is 4.79 Å². The maximum Gasteiger partial charge on any atom is 0.239 e. The van der Waals surface area contributed by atoms with Gasteiger partial charge in [0.2, 0.25) is 5.91 Å². The summed E-state index contributed by atoms with van der Waals surface area (Å²) >= 11 is 0. The van der Waals surface area contributed by atoms with Crippen LogP contribution in [0.3, 0.4) is 0 Å². The van der Waals surface area contributed by atoms with E-state index < -0.39 is 0 Å². The van der Waals surface area contributed by atoms with Crippen LogP contribution < -0.4 is 10.1 Å². The third-order valence-electron chi connectivity index (χ3n) is 3.42. The Labute approximate surface area is 121 Å². The van der Waals surface area contributed by atoms with Crippen LogP contribution in [0.15, 0.2) is 24.3 Å². The number of nitrogens with zero attached hydrogens (tertiary/aromatic N) is 1. The first-order valence-electron chi connectivity index (χ1n) is 7.30. The van der Waals surface area contributed by atoms with E-state index in [2.05, 4.69) is 5.32 Å². The third kappa shape index (κ3) is 3.97. The highest BCUT2D eigenvalue weighted by molar-refractivity contribution is 5.81. The molecule has 4 heteroatoms. The zero-order valence-corrected chi connectivity index (χ0v) is 12.6. The first kappa shape index (κ1) is 14.9. The third-order valence-corrected chi connectivity index (χ3v) is 3.42. The van der Waals surface area contributed by atoms with Crippen molar-refractivity contribution in [2.75, 3.05) is 13.6 Å². The Kier molecular flexibility index (Phi) is 5.01. The molecule has 1 aliphatic heterocycles. The molecule has 0 aliphatic carbocycles. The van der Waals surface area contributed by atoms with Crippen LogP contribution in [-0.4, -0.2) is 36.5 Å². The van der Waals surface area contributed by atoms with Gasteiger partial charge in [-0.05, 0) is 50.9 Å². The summed E-state index contributed by atoms with van der Waals surface area (Å²) < 4.78 is 5.68. The van der Waals surface area contributed by atoms with Crippen molar-refractivity contribution in [1.82, 2.24) is 10.2 Å². The molecule has 1 fully saturated rings. The molecule has 1 saturated heterocycles. The molecule has 1 heterocycles. The lowest BCUT2D eigenvalue weighted by Crippen LogP contribution is -2.41. The summed E-state index contributed by atoms with van der Waals surface area (Å²) in [6.07, 6.45) is 2.19. The fraction of sp³-hybridized carbons (Fsp3) is 0.562. The minimum atomic E-state index is -0.00454. The number of nitrogens with one attached hydrogen (secondary N) is 1. The summed E-state index contributed by atoms with van der Waals surface area (Å²) in [7, 11) is 1.86. The largest absolute Gasteiger partial charge is 0.491 e. The molecule has 2 rings (SSSR count). The summed E-state index contributed by atoms with van der Waals surface area (Å²) in [5, 5.41) is 3.24. The molecule has 1 amide bonds. The van der Waals surface area contributed by atoms with Gasteiger partial charge in [0, 0.05) is 13.6 Å². The number of hydrogen-bond donors (Lipinski definition) is 1. The fourth-order valence-corrected chi connectivity index (χ4v) is 2.50. The molecule has 1 N–H and O–H groups in total. The van der Waals surface area contributed by atoms with Crippen molar-refractivity contribution in [3.05, 3.63) is 29.8 Å². The molecule has 1 unspecified atom stereocenters. The summed E-state index contributed by atoms with van der Waals surface area (Å²) in [5.74, 6) is 1.04. The first-order valence-corrected chi connectivity index (χ1v) is 7.30. The van der Waals surface area contributed by atoms with Gasteiger partial charge in [0.05, 0.1) is 12.1 Å². The molecule has 0 aromatic heterocycles. The molecule has 0 radical (unpaired) electrons. The van der Waals surface area contributed by atoms with Gasteiger partial charge in [-0.15, -0.1) is 0 Å². The Balaban J connectivity index is 1.96. The van der Waals surface area contributed by atoms with Gasteiger partial charge in [-0.3, -0.25) is 4.79 Å². The van der Waals surface area contributed by atoms with E-state index in [0.717, 1.165) is 30.7 Å². The SMILES string of the molecule is CC(C)Oc1cccc(CN(C)C(=O)C2CCCN2)c1. The van der Waals surface area contributed by atoms with Crippen molar-refractivity contribution in [1.29, 1.82) is 0 Å². The van der Waals surface area contributed by atoms with Crippen LogP contribution in [0.25, 0.3) is 0 Å². The molecule has 1 aromatic rings. The van der Waals surface area contributed by atoms with Gasteiger partial charge in [-0.2, -0.15) is 0 Å². The summed E-state index contributed by atoms with van der Waals surface area (Å²) in [5.41, 5.74) is 1.09. The predicted molar refractivity (Wildman–Crippen MR) is 79.7 cm³/mol. The van der Waals surface area contributed by atoms with Crippen LogP contribution in [-0.2, 0) is 11.3 Å². The van der Waals surface area contributed by atoms with Crippen molar-refractivity contribution in [2.45, 2.75) is 45.4 Å². The van der Waals surface area contributed by atoms with Crippen molar-refractivity contribution in [3.63, 3.8) is 0 Å². The molecule has 1 aliphatic rings. The molecule has 4 nitrogen and oxygen atoms in total. The van der Waals surface area contributed by atoms with Gasteiger partial charge >= 0.3 is 0 Å². The van der Waals surface area contributed by atoms with E-state index in [1.165, 1.54) is 0 Å². The minimum Gasteiger partial charge on any atom is -0.491 e. The Morgan fingerprint density at radius 1 is 1.50 bits per heavy atom. The molecule has 1 aromatic carbocycles. The number of hydrogen-bond acceptors (Lipinski definition) is 3. The Morgan fingerprint density at radius 2 is 2.30 bits per heavy atom. The second-order valence-electron chi connectivity index (χ2n) is 5.66. The number of amides is 1. The summed E-state index contributed by atoms with van der Waals surface area (Å²) in [6, 6.07) is 7.95. The topological polar surface area (TPSA) is 41.6 Å². The monoisotopic (exact) mass is 276 g/mol. The maximum absolute atomic E-state index is 12.2. The molecule has 0 spiro atoms. The van der Waals surface area contributed by atoms with Crippen LogP contribution in [0, 0.1) is 0 Å². The second-order valence-corrected chi connectivity index (χ2v) is 5.66. The van der Waals surface area contributed by atoms with Gasteiger partial charge in [0.1, 0.15) is 5.75 Å². The van der Waals surface area contributed by atoms with Gasteiger partial charge < -0.3 is 15.0 Å². The molecule has 1 atom stereocenters. The van der Waals surface area contributed by atoms with E-state index in [-0.39, 0.29) is 18.1 Å². The molecular formula is C16H24N2O2. The zero-order valence-electron chi connectivity index (χ0n) is 12.6. The average molecular weight is 276 g/mol. The normalized spacial score (nSPS) is 18.3. The smallest absolute Gasteiger partial charge is 0.239 e. The van der Waals surface area contributed by atoms with Gasteiger partial charge in [-0.25, -0.2) is 0 Å². The minimum absolute atomic E-state index is 0.00454. The molecule has 0 bridgehead atoms. The highest BCUT2D eigenvalue weighted by Crippen LogP contribution is 2.17. The van der Waals surface area contributed by atoms with Crippen molar-refractivity contribution in [3.8, 4) is 5.75 Å². The van der Waals surface area contributed by atoms with Crippen LogP contribution in [0.2, 0.25) is 0 Å². The van der Waals surface area contributed by atoms with E-state index in [4.69, 9.17) is 4.74 Å². The van der Waals surface area contributed by atoms with Crippen LogP contribution in [0.5, 0.6) is 5.75 Å². The zero-order chi connectivity index (χ0) is 14.5. The Bertz CT molecular complexity index is 454. The van der Waals surface area contributed by atoms with Gasteiger partial charge in [0.25, 0.3) is 0 Å². The van der Waals surface area contributed by atoms with Crippen molar-refractivity contribution >= 4 is 5.91 Å². The van der Waals surface area contributed by atoms with E-state index in [1.807, 2.05) is 45.2 Å². The predicted octanol–water partition coefficient (Wildman–Crippen LogP) is 2.18. The number of carbonyl (C=O) groups is 1. The standard InChI is InChI=1S/C16H24N2O2/c1-12(2)20-14-7-4-6-13(10-14)11-18(3)16(19)15-8-5-9-17-15/h4,6-7,10,12,15,17H,5,8-9,11H2,1-3H3. The quantitative estimate of drug-likeness (QED) is 0.896. The highest BCUT2D eigenvalue weighted by atomic mass is 16.5. The Hall–Kier alpha value is -1.55. The summed E-state index contributed by atoms with van der Waals surface area (Å²) in [6.45, 7) is 5.58. The van der Waals surface area contributed by atoms with E-state index >= 15 is 0 Å². The highest BCUT2D eigenvalue weighted by Gasteiger charge is 2.24.